The van der Waals surface area contributed by atoms with Gasteiger partial charge in [0.15, 0.2) is 0 Å². The summed E-state index contributed by atoms with van der Waals surface area (Å²) >= 11 is 0. The van der Waals surface area contributed by atoms with Gasteiger partial charge in [0, 0.05) is 6.07 Å². The van der Waals surface area contributed by atoms with Crippen molar-refractivity contribution in [2.45, 2.75) is 95.3 Å². The molecule has 0 unspecified atom stereocenters. The van der Waals surface area contributed by atoms with Crippen molar-refractivity contribution in [3.8, 4) is 17.2 Å². The largest absolute Gasteiger partial charge is 1.00 e. The second-order valence-corrected chi connectivity index (χ2v) is 9.89. The van der Waals surface area contributed by atoms with Crippen LogP contribution in [0.25, 0.3) is 0 Å². The molecule has 2 rings (SSSR count). The van der Waals surface area contributed by atoms with Gasteiger partial charge in [0.2, 0.25) is 0 Å². The fourth-order valence-electron chi connectivity index (χ4n) is 3.85. The molecule has 178 valence electrons. The monoisotopic (exact) mass is 500 g/mol. The van der Waals surface area contributed by atoms with Crippen molar-refractivity contribution in [3.63, 3.8) is 0 Å². The number of hydrogen-bond donors (Lipinski definition) is 1. The maximum absolute atomic E-state index is 11.8. The third-order valence-electron chi connectivity index (χ3n) is 5.65. The zero-order valence-electron chi connectivity index (χ0n) is 20.2. The molecule has 0 radical (unpaired) electrons. The average molecular weight is 501 g/mol. The van der Waals surface area contributed by atoms with E-state index in [1.54, 1.807) is 6.07 Å². The van der Waals surface area contributed by atoms with Crippen molar-refractivity contribution in [3.05, 3.63) is 48.0 Å². The van der Waals surface area contributed by atoms with Crippen LogP contribution in [0.2, 0.25) is 0 Å². The molecule has 2 aromatic carbocycles. The molecule has 2 aromatic rings. The summed E-state index contributed by atoms with van der Waals surface area (Å²) in [5, 5.41) is 11.8. The van der Waals surface area contributed by atoms with E-state index in [1.807, 2.05) is 18.2 Å². The van der Waals surface area contributed by atoms with E-state index >= 15 is 0 Å². The fourth-order valence-corrected chi connectivity index (χ4v) is 4.38. The van der Waals surface area contributed by atoms with E-state index in [4.69, 9.17) is 4.74 Å². The predicted octanol–water partition coefficient (Wildman–Crippen LogP) is 4.05. The molecule has 1 N–H and O–H groups in total. The molecule has 0 saturated carbocycles. The summed E-state index contributed by atoms with van der Waals surface area (Å²) in [4.78, 5) is -0.460. The van der Waals surface area contributed by atoms with Crippen molar-refractivity contribution >= 4 is 10.1 Å². The van der Waals surface area contributed by atoms with Gasteiger partial charge in [0.25, 0.3) is 10.1 Å². The van der Waals surface area contributed by atoms with Gasteiger partial charge in [0.1, 0.15) is 11.5 Å². The Bertz CT molecular complexity index is 915. The van der Waals surface area contributed by atoms with E-state index < -0.39 is 20.8 Å². The number of para-hydroxylation sites is 1. The van der Waals surface area contributed by atoms with Gasteiger partial charge in [0.05, 0.1) is 4.90 Å². The minimum absolute atomic E-state index is 0. The molecule has 0 aliphatic carbocycles. The average Bonchev–Trinajstić information content (AvgIpc) is 2.74. The third kappa shape index (κ3) is 12.7. The zero-order chi connectivity index (χ0) is 23.2. The van der Waals surface area contributed by atoms with Crippen LogP contribution in [0, 0.1) is 0 Å². The molecule has 0 aliphatic rings. The molecular weight excluding hydrogens is 463 g/mol. The van der Waals surface area contributed by atoms with Crippen LogP contribution in [0.1, 0.15) is 89.5 Å². The Labute approximate surface area is 242 Å². The number of ether oxygens (including phenoxy) is 1. The quantitative estimate of drug-likeness (QED) is 0.213. The molecular formula is C26H37KO5S. The molecule has 0 bridgehead atoms. The van der Waals surface area contributed by atoms with Gasteiger partial charge in [-0.1, -0.05) is 95.8 Å². The van der Waals surface area contributed by atoms with Gasteiger partial charge in [-0.05, 0) is 36.6 Å². The first-order valence-corrected chi connectivity index (χ1v) is 13.4. The summed E-state index contributed by atoms with van der Waals surface area (Å²) < 4.78 is 37.7. The predicted molar refractivity (Wildman–Crippen MR) is 127 cm³/mol. The fraction of sp³-hybridized carbons (Fsp3) is 0.538. The number of rotatable bonds is 16. The Kier molecular flexibility index (Phi) is 15.9. The molecule has 33 heavy (non-hydrogen) atoms. The minimum Gasteiger partial charge on any atom is -0.872 e. The van der Waals surface area contributed by atoms with Crippen molar-refractivity contribution in [1.29, 1.82) is 0 Å². The van der Waals surface area contributed by atoms with E-state index in [9.17, 15) is 18.1 Å². The van der Waals surface area contributed by atoms with Crippen LogP contribution in [0.3, 0.4) is 0 Å². The van der Waals surface area contributed by atoms with E-state index in [-0.39, 0.29) is 57.1 Å². The van der Waals surface area contributed by atoms with Crippen LogP contribution in [0.15, 0.2) is 47.4 Å². The Morgan fingerprint density at radius 3 is 1.94 bits per heavy atom. The van der Waals surface area contributed by atoms with Gasteiger partial charge in [-0.15, -0.1) is 5.75 Å². The maximum atomic E-state index is 11.8. The number of hydrogen-bond acceptors (Lipinski definition) is 4. The van der Waals surface area contributed by atoms with E-state index in [0.717, 1.165) is 37.0 Å². The molecule has 0 heterocycles. The number of benzene rings is 2. The summed E-state index contributed by atoms with van der Waals surface area (Å²) in [5.74, 6) is 0.170. The van der Waals surface area contributed by atoms with Crippen LogP contribution in [0.4, 0.5) is 0 Å². The molecule has 7 heteroatoms. The van der Waals surface area contributed by atoms with E-state index in [1.165, 1.54) is 70.3 Å². The summed E-state index contributed by atoms with van der Waals surface area (Å²) in [6.07, 6.45) is 16.4. The molecule has 0 amide bonds. The Morgan fingerprint density at radius 1 is 0.818 bits per heavy atom. The zero-order valence-corrected chi connectivity index (χ0v) is 24.2. The first-order valence-electron chi connectivity index (χ1n) is 12.0. The molecule has 0 aliphatic heterocycles. The van der Waals surface area contributed by atoms with Crippen LogP contribution in [0.5, 0.6) is 17.2 Å². The van der Waals surface area contributed by atoms with Gasteiger partial charge in [-0.3, -0.25) is 4.55 Å². The molecule has 0 saturated heterocycles. The second kappa shape index (κ2) is 17.1. The maximum Gasteiger partial charge on any atom is 1.00 e. The standard InChI is InChI=1S/C26H38O5S.K/c1-2-3-4-5-6-7-8-9-10-11-12-13-16-22-17-14-15-18-26(22)31-24-19-23(27)20-25(21-24)32(28,29)30;/h14-15,17-21,27H,2-13,16H2,1H3,(H,28,29,30);/q;+1/p-1. The number of unbranched alkanes of at least 4 members (excludes halogenated alkanes) is 11. The summed E-state index contributed by atoms with van der Waals surface area (Å²) in [6, 6.07) is 10.8. The molecule has 0 aromatic heterocycles. The second-order valence-electron chi connectivity index (χ2n) is 8.46. The Morgan fingerprint density at radius 2 is 1.36 bits per heavy atom. The van der Waals surface area contributed by atoms with E-state index in [0.29, 0.717) is 5.75 Å². The normalized spacial score (nSPS) is 11.2. The molecule has 0 spiro atoms. The SMILES string of the molecule is CCCCCCCCCCCCCCc1ccccc1Oc1cc([O-])cc(S(=O)(=O)O)c1.[K+]. The minimum atomic E-state index is -4.46. The van der Waals surface area contributed by atoms with Crippen LogP contribution in [-0.4, -0.2) is 13.0 Å². The smallest absolute Gasteiger partial charge is 0.872 e. The first kappa shape index (κ1) is 30.6. The summed E-state index contributed by atoms with van der Waals surface area (Å²) in [5.41, 5.74) is 1.02. The van der Waals surface area contributed by atoms with Gasteiger partial charge in [-0.25, -0.2) is 0 Å². The topological polar surface area (TPSA) is 86.7 Å². The first-order chi connectivity index (χ1) is 15.4. The van der Waals surface area contributed by atoms with Crippen molar-refractivity contribution < 1.29 is 74.2 Å². The third-order valence-corrected chi connectivity index (χ3v) is 6.48. The van der Waals surface area contributed by atoms with Crippen molar-refractivity contribution in [2.24, 2.45) is 0 Å². The summed E-state index contributed by atoms with van der Waals surface area (Å²) in [6.45, 7) is 2.25. The molecule has 5 nitrogen and oxygen atoms in total. The van der Waals surface area contributed by atoms with Gasteiger partial charge in [-0.2, -0.15) is 8.42 Å². The van der Waals surface area contributed by atoms with E-state index in [2.05, 4.69) is 6.92 Å². The van der Waals surface area contributed by atoms with Crippen molar-refractivity contribution in [1.82, 2.24) is 0 Å². The van der Waals surface area contributed by atoms with Crippen LogP contribution < -0.4 is 61.2 Å². The van der Waals surface area contributed by atoms with Crippen LogP contribution in [-0.2, 0) is 16.5 Å². The Hall–Kier alpha value is -0.414. The van der Waals surface area contributed by atoms with Crippen LogP contribution >= 0.6 is 0 Å². The van der Waals surface area contributed by atoms with Crippen molar-refractivity contribution in [2.75, 3.05) is 0 Å². The van der Waals surface area contributed by atoms with Gasteiger partial charge >= 0.3 is 51.4 Å². The van der Waals surface area contributed by atoms with Gasteiger partial charge < -0.3 is 9.84 Å². The Balaban J connectivity index is 0.00000544. The molecule has 0 atom stereocenters. The summed E-state index contributed by atoms with van der Waals surface area (Å²) in [7, 11) is -4.46. The molecule has 0 fully saturated rings. The number of aryl methyl sites for hydroxylation is 1.